The molecule has 6 bridgehead atoms. The zero-order chi connectivity index (χ0) is 33.8. The number of benzene rings is 6. The van der Waals surface area contributed by atoms with Crippen LogP contribution in [-0.4, -0.2) is 0 Å². The van der Waals surface area contributed by atoms with Gasteiger partial charge in [0.2, 0.25) is 0 Å². The van der Waals surface area contributed by atoms with Crippen LogP contribution >= 0.6 is 0 Å². The third-order valence-electron chi connectivity index (χ3n) is 16.1. The van der Waals surface area contributed by atoms with Gasteiger partial charge in [0.05, 0.1) is 0 Å². The Bertz CT molecular complexity index is 2460. The molecular weight excluding hydrogens is 627 g/mol. The molecule has 6 aromatic carbocycles. The van der Waals surface area contributed by atoms with Crippen molar-refractivity contribution in [2.24, 2.45) is 35.5 Å². The molecule has 3 unspecified atom stereocenters. The first kappa shape index (κ1) is 28.9. The summed E-state index contributed by atoms with van der Waals surface area (Å²) in [7, 11) is 0. The summed E-state index contributed by atoms with van der Waals surface area (Å²) in [5, 5.41) is 2.58. The molecule has 14 rings (SSSR count). The zero-order valence-corrected chi connectivity index (χ0v) is 29.9. The van der Waals surface area contributed by atoms with Gasteiger partial charge in [-0.1, -0.05) is 97.4 Å². The second-order valence-corrected chi connectivity index (χ2v) is 18.1. The Morgan fingerprint density at radius 3 is 1.65 bits per heavy atom. The average molecular weight is 672 g/mol. The Hall–Kier alpha value is -4.62. The molecule has 6 saturated carbocycles. The molecule has 8 aliphatic carbocycles. The third kappa shape index (κ3) is 3.52. The second kappa shape index (κ2) is 10.1. The van der Waals surface area contributed by atoms with Crippen LogP contribution in [0.3, 0.4) is 0 Å². The molecule has 3 atom stereocenters. The summed E-state index contributed by atoms with van der Waals surface area (Å²) in [4.78, 5) is 2.58. The van der Waals surface area contributed by atoms with Crippen LogP contribution < -0.4 is 4.90 Å². The van der Waals surface area contributed by atoms with E-state index in [1.54, 1.807) is 22.3 Å². The predicted molar refractivity (Wildman–Crippen MR) is 214 cm³/mol. The molecule has 0 N–H and O–H groups in total. The van der Waals surface area contributed by atoms with Gasteiger partial charge < -0.3 is 4.90 Å². The van der Waals surface area contributed by atoms with E-state index < -0.39 is 0 Å². The molecule has 52 heavy (non-hydrogen) atoms. The molecule has 1 nitrogen and oxygen atoms in total. The summed E-state index contributed by atoms with van der Waals surface area (Å²) in [5.74, 6) is 5.12. The van der Waals surface area contributed by atoms with E-state index >= 15 is 0 Å². The van der Waals surface area contributed by atoms with E-state index in [9.17, 15) is 0 Å². The number of fused-ring (bicyclic) bond motifs is 12. The van der Waals surface area contributed by atoms with Crippen LogP contribution in [0.4, 0.5) is 17.1 Å². The third-order valence-corrected chi connectivity index (χ3v) is 16.1. The summed E-state index contributed by atoms with van der Waals surface area (Å²) in [6, 6.07) is 50.2. The molecule has 0 radical (unpaired) electrons. The molecule has 0 saturated heterocycles. The number of hydrogen-bond acceptors (Lipinski definition) is 1. The lowest BCUT2D eigenvalue weighted by Gasteiger charge is -2.61. The van der Waals surface area contributed by atoms with Crippen molar-refractivity contribution in [3.05, 3.63) is 150 Å². The highest BCUT2D eigenvalue weighted by Gasteiger charge is 2.61. The maximum absolute atomic E-state index is 2.59. The lowest BCUT2D eigenvalue weighted by molar-refractivity contribution is -0.0399. The fourth-order valence-corrected chi connectivity index (χ4v) is 14.6. The van der Waals surface area contributed by atoms with Crippen LogP contribution in [0.1, 0.15) is 80.0 Å². The number of rotatable bonds is 3. The van der Waals surface area contributed by atoms with Gasteiger partial charge in [-0.25, -0.2) is 0 Å². The highest BCUT2D eigenvalue weighted by molar-refractivity contribution is 5.93. The molecule has 1 heteroatoms. The summed E-state index contributed by atoms with van der Waals surface area (Å²) >= 11 is 0. The normalized spacial score (nSPS) is 32.1. The molecule has 0 aromatic heterocycles. The first-order chi connectivity index (χ1) is 25.7. The topological polar surface area (TPSA) is 3.24 Å². The number of anilines is 3. The lowest BCUT2D eigenvalue weighted by Crippen LogP contribution is -2.55. The molecular formula is C51H45N. The van der Waals surface area contributed by atoms with Gasteiger partial charge in [-0.15, -0.1) is 0 Å². The maximum Gasteiger partial charge on any atom is 0.0468 e. The average Bonchev–Trinajstić information content (AvgIpc) is 3.94. The van der Waals surface area contributed by atoms with E-state index in [1.165, 1.54) is 108 Å². The summed E-state index contributed by atoms with van der Waals surface area (Å²) in [6.45, 7) is 0. The predicted octanol–water partition coefficient (Wildman–Crippen LogP) is 13.1. The minimum Gasteiger partial charge on any atom is -0.310 e. The van der Waals surface area contributed by atoms with Crippen molar-refractivity contribution in [2.45, 2.75) is 68.6 Å². The first-order valence-corrected chi connectivity index (χ1v) is 20.5. The Morgan fingerprint density at radius 1 is 0.404 bits per heavy atom. The molecule has 6 fully saturated rings. The summed E-state index contributed by atoms with van der Waals surface area (Å²) in [5.41, 5.74) is 16.5. The van der Waals surface area contributed by atoms with E-state index in [0.717, 1.165) is 35.5 Å². The van der Waals surface area contributed by atoms with Gasteiger partial charge in [0.25, 0.3) is 0 Å². The van der Waals surface area contributed by atoms with Gasteiger partial charge in [0.15, 0.2) is 0 Å². The van der Waals surface area contributed by atoms with Crippen LogP contribution in [0.2, 0.25) is 0 Å². The smallest absolute Gasteiger partial charge is 0.0468 e. The fourth-order valence-electron chi connectivity index (χ4n) is 14.6. The van der Waals surface area contributed by atoms with Gasteiger partial charge in [-0.3, -0.25) is 0 Å². The number of nitrogens with zero attached hydrogens (tertiary/aromatic N) is 1. The van der Waals surface area contributed by atoms with E-state index in [1.807, 2.05) is 0 Å². The van der Waals surface area contributed by atoms with Gasteiger partial charge in [0, 0.05) is 27.9 Å². The van der Waals surface area contributed by atoms with Crippen LogP contribution in [0.25, 0.3) is 33.0 Å². The Balaban J connectivity index is 1.02. The van der Waals surface area contributed by atoms with Crippen LogP contribution in [0.5, 0.6) is 0 Å². The van der Waals surface area contributed by atoms with Crippen molar-refractivity contribution < 1.29 is 0 Å². The highest BCUT2D eigenvalue weighted by Crippen LogP contribution is 2.70. The number of hydrogen-bond donors (Lipinski definition) is 0. The summed E-state index contributed by atoms with van der Waals surface area (Å²) < 4.78 is 0. The van der Waals surface area contributed by atoms with Gasteiger partial charge in [-0.2, -0.15) is 0 Å². The first-order valence-electron chi connectivity index (χ1n) is 20.5. The van der Waals surface area contributed by atoms with Crippen molar-refractivity contribution >= 4 is 27.8 Å². The minimum atomic E-state index is 0.192. The molecule has 0 heterocycles. The molecule has 6 aromatic rings. The van der Waals surface area contributed by atoms with E-state index in [2.05, 4.69) is 132 Å². The molecule has 2 spiro atoms. The highest BCUT2D eigenvalue weighted by atomic mass is 15.1. The van der Waals surface area contributed by atoms with Crippen molar-refractivity contribution in [3.63, 3.8) is 0 Å². The van der Waals surface area contributed by atoms with E-state index in [0.29, 0.717) is 0 Å². The Labute approximate surface area is 307 Å². The van der Waals surface area contributed by atoms with E-state index in [-0.39, 0.29) is 10.8 Å². The van der Waals surface area contributed by atoms with Crippen molar-refractivity contribution in [2.75, 3.05) is 4.90 Å². The molecule has 0 aliphatic heterocycles. The largest absolute Gasteiger partial charge is 0.310 e. The van der Waals surface area contributed by atoms with Gasteiger partial charge in [0.1, 0.15) is 0 Å². The maximum atomic E-state index is 2.59. The standard InChI is InChI=1S/C51H45N/c1-2-8-35-27-39(16-14-34(35)7-1)52(40-17-19-47-44(28-40)42-9-3-5-11-46(42)50(47)30-31-13-15-36(50)22-31)41-18-20-49-45(29-41)43-10-4-6-12-48(43)51(49)37-23-32-21-33(25-37)26-38(51)24-32/h1-12,14,16-20,27-29,31-33,36-38H,13,15,21-26,30H2. The van der Waals surface area contributed by atoms with Crippen molar-refractivity contribution in [3.8, 4) is 22.3 Å². The molecule has 8 aliphatic rings. The Morgan fingerprint density at radius 2 is 0.942 bits per heavy atom. The van der Waals surface area contributed by atoms with Gasteiger partial charge in [-0.05, 0) is 179 Å². The monoisotopic (exact) mass is 671 g/mol. The quantitative estimate of drug-likeness (QED) is 0.181. The van der Waals surface area contributed by atoms with Crippen LogP contribution in [0.15, 0.2) is 127 Å². The van der Waals surface area contributed by atoms with Gasteiger partial charge >= 0.3 is 0 Å². The summed E-state index contributed by atoms with van der Waals surface area (Å²) in [6.07, 6.45) is 12.7. The molecule has 0 amide bonds. The van der Waals surface area contributed by atoms with Crippen molar-refractivity contribution in [1.29, 1.82) is 0 Å². The molecule has 254 valence electrons. The van der Waals surface area contributed by atoms with Crippen LogP contribution in [0, 0.1) is 35.5 Å². The fraction of sp³-hybridized carbons (Fsp3) is 0.333. The lowest BCUT2D eigenvalue weighted by atomic mass is 9.43. The zero-order valence-electron chi connectivity index (χ0n) is 29.9. The Kier molecular flexibility index (Phi) is 5.60. The van der Waals surface area contributed by atoms with E-state index in [4.69, 9.17) is 0 Å². The van der Waals surface area contributed by atoms with Crippen LogP contribution in [-0.2, 0) is 10.8 Å². The minimum absolute atomic E-state index is 0.192. The second-order valence-electron chi connectivity index (χ2n) is 18.1. The van der Waals surface area contributed by atoms with Crippen molar-refractivity contribution in [1.82, 2.24) is 0 Å². The SMILES string of the molecule is c1ccc2c(c1)-c1cc(N(c3ccc4c(c3)-c3ccccc3C43C4CC5CC(C4)CC3C5)c3ccc4ccccc4c3)ccc1C21CC2CCC1C2.